The van der Waals surface area contributed by atoms with E-state index in [0.29, 0.717) is 16.8 Å². The monoisotopic (exact) mass is 466 g/mol. The highest BCUT2D eigenvalue weighted by Crippen LogP contribution is 2.42. The molecule has 10 heteroatoms. The van der Waals surface area contributed by atoms with Gasteiger partial charge >= 0.3 is 5.97 Å². The number of carboxylic acid groups (broad SMARTS) is 1. The Morgan fingerprint density at radius 2 is 1.94 bits per heavy atom. The zero-order chi connectivity index (χ0) is 22.2. The number of aromatic carboxylic acids is 1. The number of aromatic nitrogens is 4. The average molecular weight is 467 g/mol. The van der Waals surface area contributed by atoms with Gasteiger partial charge in [-0.05, 0) is 49.4 Å². The van der Waals surface area contributed by atoms with E-state index in [4.69, 9.17) is 0 Å². The molecule has 8 nitrogen and oxygen atoms in total. The van der Waals surface area contributed by atoms with E-state index in [1.807, 2.05) is 44.3 Å². The standard InChI is InChI=1S/C22H22N6O2S2/c1-12-11-16(26-27-19(12)25-21-23-14-9-5-6-10-15(14)31-21)28(2)22-24-17(20(29)30)18(32-22)13-7-3-4-8-13/h5-6,9-11,13H,3-4,7-8H2,1-2H3,(H,29,30)(H,23,25,27). The Kier molecular flexibility index (Phi) is 5.48. The molecule has 0 saturated heterocycles. The molecule has 0 radical (unpaired) electrons. The number of aryl methyl sites for hydroxylation is 1. The van der Waals surface area contributed by atoms with Gasteiger partial charge in [0, 0.05) is 11.9 Å². The van der Waals surface area contributed by atoms with Crippen LogP contribution in [0.1, 0.15) is 52.5 Å². The SMILES string of the molecule is Cc1cc(N(C)c2nc(C(=O)O)c(C3CCCC3)s2)nnc1Nc1nc2ccccc2s1. The van der Waals surface area contributed by atoms with Gasteiger partial charge in [0.15, 0.2) is 27.6 Å². The molecule has 0 unspecified atom stereocenters. The van der Waals surface area contributed by atoms with Crippen LogP contribution in [0.5, 0.6) is 0 Å². The molecular weight excluding hydrogens is 444 g/mol. The third kappa shape index (κ3) is 3.91. The van der Waals surface area contributed by atoms with Crippen LogP contribution in [-0.2, 0) is 0 Å². The van der Waals surface area contributed by atoms with Crippen LogP contribution in [0.15, 0.2) is 30.3 Å². The summed E-state index contributed by atoms with van der Waals surface area (Å²) in [6.07, 6.45) is 4.33. The smallest absolute Gasteiger partial charge is 0.355 e. The molecule has 0 atom stereocenters. The number of nitrogens with zero attached hydrogens (tertiary/aromatic N) is 5. The summed E-state index contributed by atoms with van der Waals surface area (Å²) in [5.41, 5.74) is 2.02. The van der Waals surface area contributed by atoms with E-state index in [1.54, 1.807) is 16.2 Å². The Morgan fingerprint density at radius 3 is 2.66 bits per heavy atom. The van der Waals surface area contributed by atoms with Crippen LogP contribution in [0.3, 0.4) is 0 Å². The highest BCUT2D eigenvalue weighted by atomic mass is 32.1. The fourth-order valence-electron chi connectivity index (χ4n) is 3.97. The van der Waals surface area contributed by atoms with Gasteiger partial charge in [0.05, 0.1) is 10.2 Å². The molecule has 0 bridgehead atoms. The fourth-order valence-corrected chi connectivity index (χ4v) is 6.03. The van der Waals surface area contributed by atoms with Gasteiger partial charge < -0.3 is 15.3 Å². The minimum atomic E-state index is -0.972. The number of anilines is 4. The summed E-state index contributed by atoms with van der Waals surface area (Å²) in [5.74, 6) is 0.564. The highest BCUT2D eigenvalue weighted by molar-refractivity contribution is 7.22. The van der Waals surface area contributed by atoms with Gasteiger partial charge in [0.1, 0.15) is 0 Å². The molecule has 1 aliphatic rings. The lowest BCUT2D eigenvalue weighted by atomic mass is 10.1. The summed E-state index contributed by atoms with van der Waals surface area (Å²) in [7, 11) is 1.84. The third-order valence-electron chi connectivity index (χ3n) is 5.69. The Hall–Kier alpha value is -3.11. The number of rotatable bonds is 6. The minimum Gasteiger partial charge on any atom is -0.476 e. The van der Waals surface area contributed by atoms with Gasteiger partial charge in [-0.2, -0.15) is 0 Å². The number of para-hydroxylation sites is 1. The van der Waals surface area contributed by atoms with Crippen LogP contribution in [0.4, 0.5) is 21.9 Å². The van der Waals surface area contributed by atoms with Gasteiger partial charge in [-0.1, -0.05) is 36.3 Å². The quantitative estimate of drug-likeness (QED) is 0.372. The number of hydrogen-bond donors (Lipinski definition) is 2. The maximum absolute atomic E-state index is 11.8. The normalized spacial score (nSPS) is 14.2. The van der Waals surface area contributed by atoms with Crippen LogP contribution in [0.25, 0.3) is 10.2 Å². The second-order valence-electron chi connectivity index (χ2n) is 7.90. The second kappa shape index (κ2) is 8.44. The lowest BCUT2D eigenvalue weighted by Gasteiger charge is -2.15. The van der Waals surface area contributed by atoms with Crippen molar-refractivity contribution in [3.63, 3.8) is 0 Å². The molecule has 1 aromatic carbocycles. The molecule has 0 aliphatic heterocycles. The zero-order valence-electron chi connectivity index (χ0n) is 17.7. The number of hydrogen-bond acceptors (Lipinski definition) is 9. The predicted molar refractivity (Wildman–Crippen MR) is 128 cm³/mol. The van der Waals surface area contributed by atoms with Crippen LogP contribution < -0.4 is 10.2 Å². The van der Waals surface area contributed by atoms with Gasteiger partial charge in [-0.25, -0.2) is 14.8 Å². The lowest BCUT2D eigenvalue weighted by Crippen LogP contribution is -2.13. The zero-order valence-corrected chi connectivity index (χ0v) is 19.3. The van der Waals surface area contributed by atoms with E-state index in [9.17, 15) is 9.90 Å². The summed E-state index contributed by atoms with van der Waals surface area (Å²) in [4.78, 5) is 23.5. The van der Waals surface area contributed by atoms with E-state index in [2.05, 4.69) is 25.5 Å². The van der Waals surface area contributed by atoms with Crippen molar-refractivity contribution in [3.8, 4) is 0 Å². The molecule has 0 amide bonds. The van der Waals surface area contributed by atoms with Crippen molar-refractivity contribution in [1.29, 1.82) is 0 Å². The van der Waals surface area contributed by atoms with Crippen molar-refractivity contribution in [2.75, 3.05) is 17.3 Å². The lowest BCUT2D eigenvalue weighted by molar-refractivity contribution is 0.0689. The summed E-state index contributed by atoms with van der Waals surface area (Å²) >= 11 is 3.01. The molecule has 164 valence electrons. The fraction of sp³-hybridized carbons (Fsp3) is 0.318. The summed E-state index contributed by atoms with van der Waals surface area (Å²) in [5, 5.41) is 23.0. The van der Waals surface area contributed by atoms with Crippen LogP contribution in [0, 0.1) is 6.92 Å². The molecule has 2 N–H and O–H groups in total. The number of fused-ring (bicyclic) bond motifs is 1. The Balaban J connectivity index is 1.39. The molecule has 0 spiro atoms. The highest BCUT2D eigenvalue weighted by Gasteiger charge is 2.28. The Bertz CT molecular complexity index is 1260. The number of thiazole rings is 2. The molecule has 1 fully saturated rings. The minimum absolute atomic E-state index is 0.169. The van der Waals surface area contributed by atoms with Crippen LogP contribution in [-0.4, -0.2) is 38.3 Å². The van der Waals surface area contributed by atoms with Gasteiger partial charge in [0.25, 0.3) is 0 Å². The topological polar surface area (TPSA) is 104 Å². The number of nitrogens with one attached hydrogen (secondary N) is 1. The largest absolute Gasteiger partial charge is 0.476 e. The van der Waals surface area contributed by atoms with Crippen molar-refractivity contribution in [2.24, 2.45) is 0 Å². The van der Waals surface area contributed by atoms with E-state index in [-0.39, 0.29) is 11.6 Å². The molecule has 3 aromatic heterocycles. The number of carbonyl (C=O) groups is 1. The van der Waals surface area contributed by atoms with Crippen LogP contribution >= 0.6 is 22.7 Å². The number of carboxylic acids is 1. The van der Waals surface area contributed by atoms with Crippen molar-refractivity contribution < 1.29 is 9.90 Å². The first kappa shape index (κ1) is 20.8. The van der Waals surface area contributed by atoms with E-state index >= 15 is 0 Å². The van der Waals surface area contributed by atoms with Crippen LogP contribution in [0.2, 0.25) is 0 Å². The first-order valence-corrected chi connectivity index (χ1v) is 12.1. The molecule has 32 heavy (non-hydrogen) atoms. The van der Waals surface area contributed by atoms with E-state index in [0.717, 1.165) is 51.5 Å². The number of benzene rings is 1. The average Bonchev–Trinajstić information content (AvgIpc) is 3.52. The summed E-state index contributed by atoms with van der Waals surface area (Å²) < 4.78 is 1.10. The molecule has 4 aromatic rings. The maximum atomic E-state index is 11.8. The molecule has 1 saturated carbocycles. The predicted octanol–water partition coefficient (Wildman–Crippen LogP) is 5.72. The van der Waals surface area contributed by atoms with Crippen molar-refractivity contribution in [3.05, 3.63) is 46.5 Å². The van der Waals surface area contributed by atoms with Crippen molar-refractivity contribution in [1.82, 2.24) is 20.2 Å². The molecule has 1 aliphatic carbocycles. The van der Waals surface area contributed by atoms with Gasteiger partial charge in [-0.15, -0.1) is 21.5 Å². The Labute approximate surface area is 193 Å². The second-order valence-corrected chi connectivity index (χ2v) is 9.94. The molecular formula is C22H22N6O2S2. The first-order chi connectivity index (χ1) is 15.5. The maximum Gasteiger partial charge on any atom is 0.355 e. The van der Waals surface area contributed by atoms with Crippen molar-refractivity contribution in [2.45, 2.75) is 38.5 Å². The summed E-state index contributed by atoms with van der Waals surface area (Å²) in [6, 6.07) is 9.89. The van der Waals surface area contributed by atoms with Crippen molar-refractivity contribution >= 4 is 60.8 Å². The van der Waals surface area contributed by atoms with Gasteiger partial charge in [-0.3, -0.25) is 0 Å². The third-order valence-corrected chi connectivity index (χ3v) is 7.94. The first-order valence-electron chi connectivity index (χ1n) is 10.4. The Morgan fingerprint density at radius 1 is 1.16 bits per heavy atom. The molecule has 5 rings (SSSR count). The van der Waals surface area contributed by atoms with E-state index < -0.39 is 5.97 Å². The summed E-state index contributed by atoms with van der Waals surface area (Å²) in [6.45, 7) is 1.95. The van der Waals surface area contributed by atoms with Gasteiger partial charge in [0.2, 0.25) is 0 Å². The van der Waals surface area contributed by atoms with E-state index in [1.165, 1.54) is 11.3 Å². The molecule has 3 heterocycles.